The minimum absolute atomic E-state index is 0.146. The van der Waals surface area contributed by atoms with Crippen molar-refractivity contribution in [2.45, 2.75) is 6.18 Å². The molecule has 0 saturated heterocycles. The lowest BCUT2D eigenvalue weighted by Crippen LogP contribution is -2.12. The number of carbonyl (C=O) groups is 1. The van der Waals surface area contributed by atoms with E-state index in [9.17, 15) is 38.2 Å². The zero-order valence-corrected chi connectivity index (χ0v) is 15.0. The molecule has 1 aromatic heterocycles. The van der Waals surface area contributed by atoms with Gasteiger partial charge in [-0.2, -0.15) is 13.2 Å². The number of aromatic nitrogens is 2. The molecule has 0 aliphatic rings. The number of nitrogens with one attached hydrogen (secondary N) is 2. The number of aromatic amines is 1. The van der Waals surface area contributed by atoms with Crippen molar-refractivity contribution in [2.24, 2.45) is 0 Å². The van der Waals surface area contributed by atoms with Gasteiger partial charge in [0.15, 0.2) is 5.69 Å². The van der Waals surface area contributed by atoms with Crippen LogP contribution in [0.15, 0.2) is 48.5 Å². The number of alkyl halides is 3. The first kappa shape index (κ1) is 21.2. The molecule has 0 bridgehead atoms. The van der Waals surface area contributed by atoms with E-state index in [1.165, 1.54) is 6.07 Å². The monoisotopic (exact) mass is 437 g/mol. The Bertz CT molecular complexity index is 1180. The van der Waals surface area contributed by atoms with Crippen molar-refractivity contribution in [3.8, 4) is 11.5 Å². The van der Waals surface area contributed by atoms with Crippen molar-refractivity contribution in [1.29, 1.82) is 0 Å². The zero-order chi connectivity index (χ0) is 22.8. The molecule has 11 nitrogen and oxygen atoms in total. The van der Waals surface area contributed by atoms with Crippen LogP contribution in [0.4, 0.5) is 30.4 Å². The molecule has 0 saturated carbocycles. The van der Waals surface area contributed by atoms with E-state index in [2.05, 4.69) is 10.4 Å². The van der Waals surface area contributed by atoms with Gasteiger partial charge in [0.05, 0.1) is 28.3 Å². The molecular formula is C17H10F3N5O6. The quantitative estimate of drug-likeness (QED) is 0.431. The van der Waals surface area contributed by atoms with Gasteiger partial charge in [0, 0.05) is 12.1 Å². The molecule has 2 N–H and O–H groups in total. The summed E-state index contributed by atoms with van der Waals surface area (Å²) in [5.41, 5.74) is -2.01. The van der Waals surface area contributed by atoms with Crippen LogP contribution in [-0.2, 0) is 6.18 Å². The van der Waals surface area contributed by atoms with E-state index in [0.717, 1.165) is 36.4 Å². The number of rotatable bonds is 6. The van der Waals surface area contributed by atoms with E-state index >= 15 is 0 Å². The summed E-state index contributed by atoms with van der Waals surface area (Å²) in [7, 11) is 0. The molecule has 14 heteroatoms. The van der Waals surface area contributed by atoms with Gasteiger partial charge < -0.3 is 20.2 Å². The lowest BCUT2D eigenvalue weighted by atomic mass is 10.2. The van der Waals surface area contributed by atoms with E-state index in [4.69, 9.17) is 4.74 Å². The normalized spacial score (nSPS) is 11.1. The maximum Gasteiger partial charge on any atom is 0.416 e. The molecule has 3 aromatic rings. The van der Waals surface area contributed by atoms with E-state index in [0.29, 0.717) is 6.07 Å². The van der Waals surface area contributed by atoms with Crippen LogP contribution in [0.3, 0.4) is 0 Å². The first-order chi connectivity index (χ1) is 14.5. The second-order valence-corrected chi connectivity index (χ2v) is 5.95. The van der Waals surface area contributed by atoms with Crippen molar-refractivity contribution < 1.29 is 32.5 Å². The number of nitro groups is 2. The molecule has 0 radical (unpaired) electrons. The van der Waals surface area contributed by atoms with Crippen LogP contribution in [0.25, 0.3) is 0 Å². The molecule has 160 valence electrons. The molecular weight excluding hydrogens is 427 g/mol. The van der Waals surface area contributed by atoms with Crippen LogP contribution < -0.4 is 10.1 Å². The topological polar surface area (TPSA) is 153 Å². The number of non-ortho nitro benzene ring substituents is 1. The fourth-order valence-corrected chi connectivity index (χ4v) is 2.41. The summed E-state index contributed by atoms with van der Waals surface area (Å²) in [6, 6.07) is 7.76. The van der Waals surface area contributed by atoms with Crippen molar-refractivity contribution in [3.05, 3.63) is 80.0 Å². The van der Waals surface area contributed by atoms with Gasteiger partial charge in [-0.05, 0) is 23.1 Å². The number of nitro benzene ring substituents is 1. The number of carbonyl (C=O) groups excluding carboxylic acids is 1. The summed E-state index contributed by atoms with van der Waals surface area (Å²) < 4.78 is 43.9. The molecule has 1 amide bonds. The highest BCUT2D eigenvalue weighted by molar-refractivity contribution is 6.03. The Labute approximate surface area is 169 Å². The van der Waals surface area contributed by atoms with Crippen LogP contribution >= 0.6 is 0 Å². The fraction of sp³-hybridized carbons (Fsp3) is 0.0588. The SMILES string of the molecule is O=C(Nc1cc(Oc2cccc(C(F)(F)F)c2)cc([N+](=O)[O-])c1)c1cc([N+](=O)[O-])[nH]n1. The Kier molecular flexibility index (Phi) is 5.54. The number of halogens is 3. The molecule has 31 heavy (non-hydrogen) atoms. The molecule has 0 aliphatic carbocycles. The van der Waals surface area contributed by atoms with Gasteiger partial charge in [0.1, 0.15) is 11.5 Å². The van der Waals surface area contributed by atoms with Crippen molar-refractivity contribution in [2.75, 3.05) is 5.32 Å². The van der Waals surface area contributed by atoms with Gasteiger partial charge in [-0.25, -0.2) is 0 Å². The minimum atomic E-state index is -4.62. The lowest BCUT2D eigenvalue weighted by molar-refractivity contribution is -0.389. The minimum Gasteiger partial charge on any atom is -0.457 e. The van der Waals surface area contributed by atoms with Gasteiger partial charge in [-0.1, -0.05) is 11.2 Å². The number of anilines is 1. The first-order valence-corrected chi connectivity index (χ1v) is 8.18. The predicted octanol–water partition coefficient (Wildman–Crippen LogP) is 4.29. The van der Waals surface area contributed by atoms with Crippen molar-refractivity contribution in [3.63, 3.8) is 0 Å². The Hall–Kier alpha value is -4.49. The third kappa shape index (κ3) is 5.11. The van der Waals surface area contributed by atoms with Gasteiger partial charge in [-0.15, -0.1) is 5.10 Å². The van der Waals surface area contributed by atoms with Crippen LogP contribution in [0.2, 0.25) is 0 Å². The number of hydrogen-bond donors (Lipinski definition) is 2. The second-order valence-electron chi connectivity index (χ2n) is 5.95. The molecule has 3 rings (SSSR count). The predicted molar refractivity (Wildman–Crippen MR) is 97.8 cm³/mol. The molecule has 0 aliphatic heterocycles. The van der Waals surface area contributed by atoms with E-state index < -0.39 is 39.0 Å². The standard InChI is InChI=1S/C17H10F3N5O6/c18-17(19,20)9-2-1-3-12(4-9)31-13-6-10(5-11(7-13)24(27)28)21-16(26)14-8-15(23-22-14)25(29)30/h1-8H,(H,21,26)(H,22,23). The maximum absolute atomic E-state index is 12.9. The molecule has 0 atom stereocenters. The third-order valence-corrected chi connectivity index (χ3v) is 3.75. The van der Waals surface area contributed by atoms with E-state index in [1.807, 2.05) is 5.10 Å². The summed E-state index contributed by atoms with van der Waals surface area (Å²) >= 11 is 0. The largest absolute Gasteiger partial charge is 0.457 e. The molecule has 0 fully saturated rings. The van der Waals surface area contributed by atoms with E-state index in [1.54, 1.807) is 0 Å². The van der Waals surface area contributed by atoms with Gasteiger partial charge in [0.2, 0.25) is 0 Å². The van der Waals surface area contributed by atoms with Crippen LogP contribution in [0.5, 0.6) is 11.5 Å². The van der Waals surface area contributed by atoms with Crippen LogP contribution in [-0.4, -0.2) is 26.0 Å². The van der Waals surface area contributed by atoms with Crippen molar-refractivity contribution in [1.82, 2.24) is 10.2 Å². The number of hydrogen-bond acceptors (Lipinski definition) is 7. The summed E-state index contributed by atoms with van der Waals surface area (Å²) in [5.74, 6) is -1.93. The summed E-state index contributed by atoms with van der Waals surface area (Å²) in [6.45, 7) is 0. The number of benzene rings is 2. The van der Waals surface area contributed by atoms with Gasteiger partial charge in [-0.3, -0.25) is 14.9 Å². The highest BCUT2D eigenvalue weighted by Crippen LogP contribution is 2.34. The maximum atomic E-state index is 12.9. The Balaban J connectivity index is 1.88. The van der Waals surface area contributed by atoms with E-state index in [-0.39, 0.29) is 22.9 Å². The summed E-state index contributed by atoms with van der Waals surface area (Å²) in [4.78, 5) is 32.4. The smallest absolute Gasteiger partial charge is 0.416 e. The number of H-pyrrole nitrogens is 1. The van der Waals surface area contributed by atoms with Gasteiger partial charge in [0.25, 0.3) is 11.6 Å². The summed E-state index contributed by atoms with van der Waals surface area (Å²) in [6.07, 6.45) is -4.62. The van der Waals surface area contributed by atoms with Gasteiger partial charge >= 0.3 is 12.0 Å². The number of amides is 1. The van der Waals surface area contributed by atoms with Crippen LogP contribution in [0.1, 0.15) is 16.1 Å². The second kappa shape index (κ2) is 8.10. The summed E-state index contributed by atoms with van der Waals surface area (Å²) in [5, 5.41) is 29.6. The Morgan fingerprint density at radius 3 is 2.39 bits per heavy atom. The number of ether oxygens (including phenoxy) is 1. The third-order valence-electron chi connectivity index (χ3n) is 3.75. The fourth-order valence-electron chi connectivity index (χ4n) is 2.41. The average molecular weight is 437 g/mol. The highest BCUT2D eigenvalue weighted by atomic mass is 19.4. The molecule has 1 heterocycles. The molecule has 0 spiro atoms. The van der Waals surface area contributed by atoms with Crippen molar-refractivity contribution >= 4 is 23.1 Å². The Morgan fingerprint density at radius 2 is 1.77 bits per heavy atom. The van der Waals surface area contributed by atoms with Crippen LogP contribution in [0, 0.1) is 20.2 Å². The molecule has 2 aromatic carbocycles. The Morgan fingerprint density at radius 1 is 1.03 bits per heavy atom. The number of nitrogens with zero attached hydrogens (tertiary/aromatic N) is 3. The zero-order valence-electron chi connectivity index (χ0n) is 15.0. The highest BCUT2D eigenvalue weighted by Gasteiger charge is 2.30. The molecule has 0 unspecified atom stereocenters. The average Bonchev–Trinajstić information content (AvgIpc) is 3.18. The first-order valence-electron chi connectivity index (χ1n) is 8.18. The lowest BCUT2D eigenvalue weighted by Gasteiger charge is -2.11.